The Balaban J connectivity index is 2.64. The molecule has 0 aliphatic carbocycles. The molecule has 0 aromatic carbocycles. The zero-order valence-electron chi connectivity index (χ0n) is 12.1. The number of aryl methyl sites for hydroxylation is 1. The highest BCUT2D eigenvalue weighted by atomic mass is 16.1. The fourth-order valence-corrected chi connectivity index (χ4v) is 1.79. The third-order valence-electron chi connectivity index (χ3n) is 2.91. The molecule has 1 heterocycles. The van der Waals surface area contributed by atoms with Crippen molar-refractivity contribution in [3.05, 3.63) is 34.2 Å². The van der Waals surface area contributed by atoms with Crippen molar-refractivity contribution in [3.8, 4) is 0 Å². The fraction of sp³-hybridized carbons (Fsp3) is 0.667. The van der Waals surface area contributed by atoms with Gasteiger partial charge in [0.05, 0.1) is 0 Å². The quantitative estimate of drug-likeness (QED) is 0.807. The van der Waals surface area contributed by atoms with Crippen LogP contribution in [0.5, 0.6) is 0 Å². The first-order valence-corrected chi connectivity index (χ1v) is 6.89. The summed E-state index contributed by atoms with van der Waals surface area (Å²) < 4.78 is 1.83. The molecule has 1 aromatic heterocycles. The zero-order chi connectivity index (χ0) is 13.5. The van der Waals surface area contributed by atoms with E-state index in [1.54, 1.807) is 0 Å². The number of nitrogens with one attached hydrogen (secondary N) is 1. The molecule has 0 amide bonds. The Kier molecular flexibility index (Phi) is 6.13. The molecular weight excluding hydrogens is 224 g/mol. The van der Waals surface area contributed by atoms with Crippen LogP contribution in [0.1, 0.15) is 39.7 Å². The summed E-state index contributed by atoms with van der Waals surface area (Å²) in [5, 5.41) is 3.32. The summed E-state index contributed by atoms with van der Waals surface area (Å²) >= 11 is 0. The maximum absolute atomic E-state index is 12.2. The fourth-order valence-electron chi connectivity index (χ4n) is 1.79. The summed E-state index contributed by atoms with van der Waals surface area (Å²) in [6.07, 6.45) is 2.93. The predicted octanol–water partition coefficient (Wildman–Crippen LogP) is 2.64. The van der Waals surface area contributed by atoms with E-state index in [1.165, 1.54) is 0 Å². The number of rotatable bonds is 7. The van der Waals surface area contributed by atoms with Gasteiger partial charge in [0.15, 0.2) is 0 Å². The van der Waals surface area contributed by atoms with E-state index in [9.17, 15) is 4.79 Å². The van der Waals surface area contributed by atoms with Gasteiger partial charge < -0.3 is 9.88 Å². The number of pyridine rings is 1. The van der Waals surface area contributed by atoms with E-state index >= 15 is 0 Å². The molecule has 0 aliphatic heterocycles. The maximum atomic E-state index is 12.2. The SMILES string of the molecule is CC(C)CCn1cccc(CNCC(C)C)c1=O. The molecule has 102 valence electrons. The van der Waals surface area contributed by atoms with Crippen molar-refractivity contribution in [2.24, 2.45) is 11.8 Å². The molecule has 0 aliphatic rings. The van der Waals surface area contributed by atoms with E-state index in [0.717, 1.165) is 25.1 Å². The van der Waals surface area contributed by atoms with E-state index in [-0.39, 0.29) is 5.56 Å². The van der Waals surface area contributed by atoms with Crippen LogP contribution in [0.25, 0.3) is 0 Å². The van der Waals surface area contributed by atoms with Crippen LogP contribution in [-0.2, 0) is 13.1 Å². The van der Waals surface area contributed by atoms with Crippen molar-refractivity contribution >= 4 is 0 Å². The van der Waals surface area contributed by atoms with Crippen LogP contribution in [0.15, 0.2) is 23.1 Å². The molecule has 0 radical (unpaired) electrons. The van der Waals surface area contributed by atoms with Crippen LogP contribution in [0, 0.1) is 11.8 Å². The van der Waals surface area contributed by atoms with Crippen LogP contribution in [0.3, 0.4) is 0 Å². The topological polar surface area (TPSA) is 34.0 Å². The highest BCUT2D eigenvalue weighted by Crippen LogP contribution is 2.01. The Morgan fingerprint density at radius 3 is 2.56 bits per heavy atom. The minimum atomic E-state index is 0.148. The number of aromatic nitrogens is 1. The van der Waals surface area contributed by atoms with E-state index in [4.69, 9.17) is 0 Å². The summed E-state index contributed by atoms with van der Waals surface area (Å²) in [6, 6.07) is 3.88. The van der Waals surface area contributed by atoms with Crippen LogP contribution >= 0.6 is 0 Å². The standard InChI is InChI=1S/C15H26N2O/c1-12(2)7-9-17-8-5-6-14(15(17)18)11-16-10-13(3)4/h5-6,8,12-13,16H,7,9-11H2,1-4H3. The first-order valence-electron chi connectivity index (χ1n) is 6.89. The van der Waals surface area contributed by atoms with Crippen molar-refractivity contribution < 1.29 is 0 Å². The predicted molar refractivity (Wildman–Crippen MR) is 76.7 cm³/mol. The number of hydrogen-bond donors (Lipinski definition) is 1. The van der Waals surface area contributed by atoms with Crippen LogP contribution < -0.4 is 10.9 Å². The van der Waals surface area contributed by atoms with Crippen LogP contribution in [-0.4, -0.2) is 11.1 Å². The van der Waals surface area contributed by atoms with E-state index < -0.39 is 0 Å². The van der Waals surface area contributed by atoms with Gasteiger partial charge in [0.25, 0.3) is 5.56 Å². The molecule has 0 bridgehead atoms. The van der Waals surface area contributed by atoms with Gasteiger partial charge in [-0.3, -0.25) is 4.79 Å². The van der Waals surface area contributed by atoms with Gasteiger partial charge in [-0.05, 0) is 30.9 Å². The first-order chi connectivity index (χ1) is 8.50. The van der Waals surface area contributed by atoms with Gasteiger partial charge in [-0.2, -0.15) is 0 Å². The molecule has 1 aromatic rings. The van der Waals surface area contributed by atoms with Crippen molar-refractivity contribution in [2.45, 2.75) is 47.2 Å². The third-order valence-corrected chi connectivity index (χ3v) is 2.91. The van der Waals surface area contributed by atoms with Crippen molar-refractivity contribution in [1.29, 1.82) is 0 Å². The van der Waals surface area contributed by atoms with Crippen LogP contribution in [0.4, 0.5) is 0 Å². The van der Waals surface area contributed by atoms with Gasteiger partial charge in [-0.1, -0.05) is 33.8 Å². The second kappa shape index (κ2) is 7.37. The average Bonchev–Trinajstić information content (AvgIpc) is 2.29. The maximum Gasteiger partial charge on any atom is 0.255 e. The lowest BCUT2D eigenvalue weighted by Gasteiger charge is -2.11. The van der Waals surface area contributed by atoms with Crippen molar-refractivity contribution in [1.82, 2.24) is 9.88 Å². The minimum Gasteiger partial charge on any atom is -0.315 e. The molecule has 0 spiro atoms. The largest absolute Gasteiger partial charge is 0.315 e. The number of nitrogens with zero attached hydrogens (tertiary/aromatic N) is 1. The van der Waals surface area contributed by atoms with E-state index in [2.05, 4.69) is 33.0 Å². The second-order valence-corrected chi connectivity index (χ2v) is 5.74. The molecule has 0 atom stereocenters. The molecule has 3 heteroatoms. The molecule has 1 rings (SSSR count). The van der Waals surface area contributed by atoms with E-state index in [0.29, 0.717) is 18.4 Å². The Hall–Kier alpha value is -1.09. The number of hydrogen-bond acceptors (Lipinski definition) is 2. The highest BCUT2D eigenvalue weighted by molar-refractivity contribution is 5.10. The molecular formula is C15H26N2O. The van der Waals surface area contributed by atoms with Crippen molar-refractivity contribution in [3.63, 3.8) is 0 Å². The third kappa shape index (κ3) is 5.05. The molecule has 0 saturated heterocycles. The van der Waals surface area contributed by atoms with E-state index in [1.807, 2.05) is 22.9 Å². The Morgan fingerprint density at radius 1 is 1.22 bits per heavy atom. The molecule has 3 nitrogen and oxygen atoms in total. The Labute approximate surface area is 110 Å². The summed E-state index contributed by atoms with van der Waals surface area (Å²) in [5.41, 5.74) is 1.01. The highest BCUT2D eigenvalue weighted by Gasteiger charge is 2.04. The minimum absolute atomic E-state index is 0.148. The van der Waals surface area contributed by atoms with Crippen molar-refractivity contribution in [2.75, 3.05) is 6.54 Å². The molecule has 0 unspecified atom stereocenters. The van der Waals surface area contributed by atoms with Gasteiger partial charge in [-0.25, -0.2) is 0 Å². The smallest absolute Gasteiger partial charge is 0.255 e. The zero-order valence-corrected chi connectivity index (χ0v) is 12.1. The molecule has 1 N–H and O–H groups in total. The monoisotopic (exact) mass is 250 g/mol. The van der Waals surface area contributed by atoms with Gasteiger partial charge >= 0.3 is 0 Å². The van der Waals surface area contributed by atoms with Gasteiger partial charge in [0, 0.05) is 24.8 Å². The molecule has 0 fully saturated rings. The molecule has 0 saturated carbocycles. The normalized spacial score (nSPS) is 11.4. The summed E-state index contributed by atoms with van der Waals surface area (Å²) in [6.45, 7) is 11.1. The second-order valence-electron chi connectivity index (χ2n) is 5.74. The van der Waals surface area contributed by atoms with Gasteiger partial charge in [0.2, 0.25) is 0 Å². The summed E-state index contributed by atoms with van der Waals surface area (Å²) in [4.78, 5) is 12.2. The summed E-state index contributed by atoms with van der Waals surface area (Å²) in [5.74, 6) is 1.23. The first kappa shape index (κ1) is 15.0. The lowest BCUT2D eigenvalue weighted by Crippen LogP contribution is -2.28. The summed E-state index contributed by atoms with van der Waals surface area (Å²) in [7, 11) is 0. The lowest BCUT2D eigenvalue weighted by atomic mass is 10.1. The average molecular weight is 250 g/mol. The van der Waals surface area contributed by atoms with Gasteiger partial charge in [0.1, 0.15) is 0 Å². The Bertz CT molecular complexity index is 407. The molecule has 18 heavy (non-hydrogen) atoms. The lowest BCUT2D eigenvalue weighted by molar-refractivity contribution is 0.502. The Morgan fingerprint density at radius 2 is 1.94 bits per heavy atom. The van der Waals surface area contributed by atoms with Gasteiger partial charge in [-0.15, -0.1) is 0 Å². The van der Waals surface area contributed by atoms with Crippen LogP contribution in [0.2, 0.25) is 0 Å².